The van der Waals surface area contributed by atoms with Gasteiger partial charge in [-0.2, -0.15) is 4.98 Å². The van der Waals surface area contributed by atoms with E-state index in [-0.39, 0.29) is 34.6 Å². The number of sulfonamides is 1. The summed E-state index contributed by atoms with van der Waals surface area (Å²) in [6, 6.07) is 16.2. The second-order valence-electron chi connectivity index (χ2n) is 6.31. The third-order valence-electron chi connectivity index (χ3n) is 4.42. The molecule has 2 heterocycles. The minimum absolute atomic E-state index is 0.0922. The molecule has 29 heavy (non-hydrogen) atoms. The highest BCUT2D eigenvalue weighted by Crippen LogP contribution is 2.35. The lowest BCUT2D eigenvalue weighted by Gasteiger charge is -2.18. The Morgan fingerprint density at radius 1 is 1.14 bits per heavy atom. The number of nitrogens with zero attached hydrogens (tertiary/aromatic N) is 2. The smallest absolute Gasteiger partial charge is 0.266 e. The van der Waals surface area contributed by atoms with E-state index in [2.05, 4.69) is 10.3 Å². The fraction of sp³-hybridized carbons (Fsp3) is 0.100. The van der Waals surface area contributed by atoms with Crippen molar-refractivity contribution in [3.05, 3.63) is 76.8 Å². The molecule has 0 spiro atoms. The number of amides is 1. The molecule has 9 heteroatoms. The van der Waals surface area contributed by atoms with Gasteiger partial charge in [-0.3, -0.25) is 4.79 Å². The number of hydrogen-bond acceptors (Lipinski definition) is 5. The molecule has 2 aromatic carbocycles. The first kappa shape index (κ1) is 19.2. The highest BCUT2D eigenvalue weighted by atomic mass is 35.5. The van der Waals surface area contributed by atoms with Gasteiger partial charge in [0.1, 0.15) is 11.6 Å². The molecular formula is C20H16ClN3O4S. The number of hydrogen-bond donors (Lipinski definition) is 1. The monoisotopic (exact) mass is 429 g/mol. The molecule has 0 radical (unpaired) electrons. The number of nitrogens with one attached hydrogen (secondary N) is 1. The summed E-state index contributed by atoms with van der Waals surface area (Å²) >= 11 is 5.89. The summed E-state index contributed by atoms with van der Waals surface area (Å²) < 4.78 is 32.9. The molecular weight excluding hydrogens is 414 g/mol. The summed E-state index contributed by atoms with van der Waals surface area (Å²) in [6.45, 7) is 0.128. The van der Waals surface area contributed by atoms with Crippen LogP contribution in [0.5, 0.6) is 11.6 Å². The predicted molar refractivity (Wildman–Crippen MR) is 109 cm³/mol. The Morgan fingerprint density at radius 2 is 1.86 bits per heavy atom. The zero-order valence-corrected chi connectivity index (χ0v) is 16.9. The van der Waals surface area contributed by atoms with E-state index < -0.39 is 10.0 Å². The number of pyridine rings is 1. The number of carbonyl (C=O) groups excluding carboxylic acids is 1. The fourth-order valence-corrected chi connectivity index (χ4v) is 4.75. The molecule has 0 bridgehead atoms. The van der Waals surface area contributed by atoms with Gasteiger partial charge in [-0.15, -0.1) is 0 Å². The molecule has 0 unspecified atom stereocenters. The van der Waals surface area contributed by atoms with Gasteiger partial charge in [0.25, 0.3) is 15.9 Å². The number of halogens is 1. The van der Waals surface area contributed by atoms with E-state index in [4.69, 9.17) is 16.3 Å². The lowest BCUT2D eigenvalue weighted by atomic mass is 10.2. The summed E-state index contributed by atoms with van der Waals surface area (Å²) in [7, 11) is -2.29. The van der Waals surface area contributed by atoms with E-state index in [1.807, 2.05) is 0 Å². The van der Waals surface area contributed by atoms with E-state index in [1.165, 1.54) is 23.5 Å². The number of benzene rings is 2. The molecule has 0 atom stereocenters. The molecule has 4 rings (SSSR count). The fourth-order valence-electron chi connectivity index (χ4n) is 3.02. The Balaban J connectivity index is 1.77. The van der Waals surface area contributed by atoms with E-state index in [1.54, 1.807) is 48.5 Å². The van der Waals surface area contributed by atoms with Crippen LogP contribution in [-0.2, 0) is 16.6 Å². The minimum Gasteiger partial charge on any atom is -0.439 e. The van der Waals surface area contributed by atoms with Crippen LogP contribution < -0.4 is 14.4 Å². The van der Waals surface area contributed by atoms with E-state index >= 15 is 0 Å². The summed E-state index contributed by atoms with van der Waals surface area (Å²) in [5.74, 6) is 0.263. The highest BCUT2D eigenvalue weighted by Gasteiger charge is 2.35. The normalized spacial score (nSPS) is 14.3. The van der Waals surface area contributed by atoms with Crippen molar-refractivity contribution < 1.29 is 17.9 Å². The molecule has 1 N–H and O–H groups in total. The van der Waals surface area contributed by atoms with Crippen LogP contribution in [0.3, 0.4) is 0 Å². The number of anilines is 1. The van der Waals surface area contributed by atoms with Crippen LogP contribution in [0, 0.1) is 0 Å². The molecule has 3 aromatic rings. The Bertz CT molecular complexity index is 1200. The van der Waals surface area contributed by atoms with Gasteiger partial charge in [0.05, 0.1) is 11.4 Å². The topological polar surface area (TPSA) is 88.6 Å². The molecule has 7 nitrogen and oxygen atoms in total. The SMILES string of the molecule is CNC(=O)c1cc(Oc2ccc(Cl)cc2)nc(N2Cc3ccccc3S2(=O)=O)c1. The van der Waals surface area contributed by atoms with E-state index in [0.29, 0.717) is 16.3 Å². The molecule has 0 fully saturated rings. The summed E-state index contributed by atoms with van der Waals surface area (Å²) in [5, 5.41) is 3.08. The van der Waals surface area contributed by atoms with Gasteiger partial charge in [-0.05, 0) is 42.0 Å². The average Bonchev–Trinajstić information content (AvgIpc) is 3.00. The lowest BCUT2D eigenvalue weighted by molar-refractivity contribution is 0.0962. The standard InChI is InChI=1S/C20H16ClN3O4S/c1-22-20(25)14-10-18(23-19(11-14)28-16-8-6-15(21)7-9-16)24-12-13-4-2-3-5-17(13)29(24,26)27/h2-11H,12H2,1H3,(H,22,25). The maximum Gasteiger partial charge on any atom is 0.266 e. The van der Waals surface area contributed by atoms with Crippen molar-refractivity contribution in [2.24, 2.45) is 0 Å². The Hall–Kier alpha value is -3.10. The molecule has 148 valence electrons. The van der Waals surface area contributed by atoms with Gasteiger partial charge in [0.2, 0.25) is 5.88 Å². The second kappa shape index (κ2) is 7.38. The number of fused-ring (bicyclic) bond motifs is 1. The molecule has 0 aliphatic carbocycles. The zero-order valence-electron chi connectivity index (χ0n) is 15.3. The highest BCUT2D eigenvalue weighted by molar-refractivity contribution is 7.93. The average molecular weight is 430 g/mol. The van der Waals surface area contributed by atoms with E-state index in [0.717, 1.165) is 0 Å². The van der Waals surface area contributed by atoms with Gasteiger partial charge in [0, 0.05) is 23.7 Å². The largest absolute Gasteiger partial charge is 0.439 e. The third kappa shape index (κ3) is 3.64. The Labute approximate surface area is 173 Å². The maximum absolute atomic E-state index is 13.0. The quantitative estimate of drug-likeness (QED) is 0.684. The van der Waals surface area contributed by atoms with Gasteiger partial charge in [0.15, 0.2) is 0 Å². The first-order valence-corrected chi connectivity index (χ1v) is 10.5. The van der Waals surface area contributed by atoms with Crippen molar-refractivity contribution in [1.29, 1.82) is 0 Å². The van der Waals surface area contributed by atoms with E-state index in [9.17, 15) is 13.2 Å². The van der Waals surface area contributed by atoms with Gasteiger partial charge < -0.3 is 10.1 Å². The van der Waals surface area contributed by atoms with Crippen molar-refractivity contribution in [3.8, 4) is 11.6 Å². The molecule has 0 saturated heterocycles. The van der Waals surface area contributed by atoms with Crippen LogP contribution in [-0.4, -0.2) is 26.4 Å². The van der Waals surface area contributed by atoms with Crippen LogP contribution >= 0.6 is 11.6 Å². The first-order valence-electron chi connectivity index (χ1n) is 8.67. The minimum atomic E-state index is -3.78. The van der Waals surface area contributed by atoms with Gasteiger partial charge in [-0.1, -0.05) is 29.8 Å². The third-order valence-corrected chi connectivity index (χ3v) is 6.53. The summed E-state index contributed by atoms with van der Waals surface area (Å²) in [4.78, 5) is 16.8. The zero-order chi connectivity index (χ0) is 20.6. The summed E-state index contributed by atoms with van der Waals surface area (Å²) in [6.07, 6.45) is 0. The number of ether oxygens (including phenoxy) is 1. The van der Waals surface area contributed by atoms with Crippen LogP contribution in [0.25, 0.3) is 0 Å². The van der Waals surface area contributed by atoms with Crippen LogP contribution in [0.2, 0.25) is 5.02 Å². The molecule has 1 aromatic heterocycles. The molecule has 1 aliphatic heterocycles. The molecule has 1 aliphatic rings. The van der Waals surface area contributed by atoms with Crippen LogP contribution in [0.4, 0.5) is 5.82 Å². The van der Waals surface area contributed by atoms with Crippen molar-refractivity contribution in [2.45, 2.75) is 11.4 Å². The van der Waals surface area contributed by atoms with Crippen molar-refractivity contribution >= 4 is 33.3 Å². The number of carbonyl (C=O) groups is 1. The van der Waals surface area contributed by atoms with Crippen molar-refractivity contribution in [2.75, 3.05) is 11.4 Å². The van der Waals surface area contributed by atoms with Crippen molar-refractivity contribution in [1.82, 2.24) is 10.3 Å². The maximum atomic E-state index is 13.0. The van der Waals surface area contributed by atoms with Crippen LogP contribution in [0.1, 0.15) is 15.9 Å². The number of aromatic nitrogens is 1. The summed E-state index contributed by atoms with van der Waals surface area (Å²) in [5.41, 5.74) is 0.896. The molecule has 1 amide bonds. The first-order chi connectivity index (χ1) is 13.9. The predicted octanol–water partition coefficient (Wildman–Crippen LogP) is 3.60. The lowest BCUT2D eigenvalue weighted by Crippen LogP contribution is -2.26. The Morgan fingerprint density at radius 3 is 2.55 bits per heavy atom. The number of rotatable bonds is 4. The van der Waals surface area contributed by atoms with Crippen molar-refractivity contribution in [3.63, 3.8) is 0 Å². The van der Waals surface area contributed by atoms with Gasteiger partial charge >= 0.3 is 0 Å². The van der Waals surface area contributed by atoms with Crippen LogP contribution in [0.15, 0.2) is 65.6 Å². The Kier molecular flexibility index (Phi) is 4.89. The second-order valence-corrected chi connectivity index (χ2v) is 8.57. The van der Waals surface area contributed by atoms with Gasteiger partial charge in [-0.25, -0.2) is 12.7 Å². The molecule has 0 saturated carbocycles.